The van der Waals surface area contributed by atoms with E-state index in [1.165, 1.54) is 11.8 Å². The van der Waals surface area contributed by atoms with Crippen LogP contribution in [0.5, 0.6) is 0 Å². The predicted octanol–water partition coefficient (Wildman–Crippen LogP) is 2.47. The van der Waals surface area contributed by atoms with E-state index in [1.807, 2.05) is 28.8 Å². The first-order valence-corrected chi connectivity index (χ1v) is 9.42. The normalized spacial score (nSPS) is 17.1. The minimum absolute atomic E-state index is 0.0970. The van der Waals surface area contributed by atoms with Crippen molar-refractivity contribution in [3.8, 4) is 0 Å². The number of benzene rings is 1. The Bertz CT molecular complexity index is 802. The first-order valence-electron chi connectivity index (χ1n) is 8.43. The number of carbonyl (C=O) groups is 2. The van der Waals surface area contributed by atoms with Crippen molar-refractivity contribution in [3.63, 3.8) is 0 Å². The molecule has 0 radical (unpaired) electrons. The van der Waals surface area contributed by atoms with Crippen molar-refractivity contribution in [2.24, 2.45) is 0 Å². The molecule has 1 aliphatic heterocycles. The van der Waals surface area contributed by atoms with Gasteiger partial charge < -0.3 is 14.8 Å². The van der Waals surface area contributed by atoms with E-state index in [1.54, 1.807) is 11.2 Å². The first-order chi connectivity index (χ1) is 12.2. The van der Waals surface area contributed by atoms with E-state index in [2.05, 4.69) is 15.5 Å². The molecule has 0 bridgehead atoms. The maximum atomic E-state index is 12.2. The largest absolute Gasteiger partial charge is 0.325 e. The minimum atomic E-state index is -0.0970. The number of thioether (sulfide) groups is 1. The summed E-state index contributed by atoms with van der Waals surface area (Å²) in [5.74, 6) is 0.317. The lowest BCUT2D eigenvalue weighted by atomic mass is 10.2. The molecule has 2 amide bonds. The highest BCUT2D eigenvalue weighted by Crippen LogP contribution is 2.37. The third-order valence-corrected chi connectivity index (χ3v) is 5.29. The van der Waals surface area contributed by atoms with Crippen molar-refractivity contribution in [1.82, 2.24) is 14.8 Å². The molecule has 1 aliphatic carbocycles. The van der Waals surface area contributed by atoms with Crippen LogP contribution in [0.1, 0.15) is 31.7 Å². The molecule has 1 saturated carbocycles. The van der Waals surface area contributed by atoms with E-state index in [-0.39, 0.29) is 17.6 Å². The zero-order valence-electron chi connectivity index (χ0n) is 13.7. The highest BCUT2D eigenvalue weighted by atomic mass is 32.2. The average Bonchev–Trinajstić information content (AvgIpc) is 3.18. The van der Waals surface area contributed by atoms with E-state index in [0.717, 1.165) is 36.7 Å². The van der Waals surface area contributed by atoms with Gasteiger partial charge >= 0.3 is 0 Å². The number of rotatable bonds is 6. The van der Waals surface area contributed by atoms with Gasteiger partial charge in [0.15, 0.2) is 5.16 Å². The maximum Gasteiger partial charge on any atom is 0.234 e. The molecule has 4 rings (SSSR count). The summed E-state index contributed by atoms with van der Waals surface area (Å²) in [7, 11) is 0. The van der Waals surface area contributed by atoms with Gasteiger partial charge in [-0.2, -0.15) is 0 Å². The van der Waals surface area contributed by atoms with Gasteiger partial charge in [0, 0.05) is 30.4 Å². The number of hydrogen-bond donors (Lipinski definition) is 1. The molecule has 25 heavy (non-hydrogen) atoms. The summed E-state index contributed by atoms with van der Waals surface area (Å²) >= 11 is 1.39. The molecular formula is C17H19N5O2S. The number of anilines is 2. The van der Waals surface area contributed by atoms with Crippen LogP contribution in [0.15, 0.2) is 35.7 Å². The number of hydrogen-bond acceptors (Lipinski definition) is 5. The first kappa shape index (κ1) is 16.1. The van der Waals surface area contributed by atoms with Crippen molar-refractivity contribution < 1.29 is 9.59 Å². The van der Waals surface area contributed by atoms with Gasteiger partial charge in [0.2, 0.25) is 11.8 Å². The van der Waals surface area contributed by atoms with E-state index in [4.69, 9.17) is 0 Å². The van der Waals surface area contributed by atoms with Gasteiger partial charge in [-0.3, -0.25) is 9.59 Å². The zero-order valence-corrected chi connectivity index (χ0v) is 14.5. The summed E-state index contributed by atoms with van der Waals surface area (Å²) in [5, 5.41) is 11.7. The van der Waals surface area contributed by atoms with Crippen LogP contribution in [0, 0.1) is 0 Å². The summed E-state index contributed by atoms with van der Waals surface area (Å²) in [6, 6.07) is 7.92. The lowest BCUT2D eigenvalue weighted by Gasteiger charge is -2.16. The molecule has 0 atom stereocenters. The Labute approximate surface area is 149 Å². The quantitative estimate of drug-likeness (QED) is 0.804. The molecular weight excluding hydrogens is 338 g/mol. The number of carbonyl (C=O) groups excluding carboxylic acids is 2. The molecule has 1 aromatic heterocycles. The van der Waals surface area contributed by atoms with Crippen molar-refractivity contribution in [1.29, 1.82) is 0 Å². The summed E-state index contributed by atoms with van der Waals surface area (Å²) in [6.45, 7) is 0.739. The average molecular weight is 357 g/mol. The number of aromatic nitrogens is 3. The second-order valence-electron chi connectivity index (χ2n) is 6.29. The van der Waals surface area contributed by atoms with Crippen LogP contribution in [0.2, 0.25) is 0 Å². The Balaban J connectivity index is 1.36. The Kier molecular flexibility index (Phi) is 4.44. The molecule has 130 valence electrons. The zero-order chi connectivity index (χ0) is 17.2. The third-order valence-electron chi connectivity index (χ3n) is 4.33. The van der Waals surface area contributed by atoms with Crippen LogP contribution in [0.25, 0.3) is 0 Å². The third kappa shape index (κ3) is 3.68. The summed E-state index contributed by atoms with van der Waals surface area (Å²) in [6.07, 6.45) is 5.51. The Morgan fingerprint density at radius 2 is 2.24 bits per heavy atom. The number of nitrogens with one attached hydrogen (secondary N) is 1. The van der Waals surface area contributed by atoms with Crippen molar-refractivity contribution in [2.45, 2.75) is 36.9 Å². The topological polar surface area (TPSA) is 80.1 Å². The van der Waals surface area contributed by atoms with Gasteiger partial charge in [-0.15, -0.1) is 10.2 Å². The standard InChI is InChI=1S/C17H19N5O2S/c23-15(10-25-17-20-18-11-22(17)13-6-7-13)19-12-3-1-4-14(9-12)21-8-2-5-16(21)24/h1,3-4,9,11,13H,2,5-8,10H2,(H,19,23). The van der Waals surface area contributed by atoms with Crippen LogP contribution in [-0.4, -0.2) is 38.9 Å². The summed E-state index contributed by atoms with van der Waals surface area (Å²) < 4.78 is 2.04. The van der Waals surface area contributed by atoms with Gasteiger partial charge in [0.1, 0.15) is 6.33 Å². The van der Waals surface area contributed by atoms with Gasteiger partial charge in [-0.1, -0.05) is 17.8 Å². The molecule has 2 heterocycles. The maximum absolute atomic E-state index is 12.2. The second-order valence-corrected chi connectivity index (χ2v) is 7.23. The molecule has 0 spiro atoms. The second kappa shape index (κ2) is 6.87. The van der Waals surface area contributed by atoms with Crippen molar-refractivity contribution in [2.75, 3.05) is 22.5 Å². The SMILES string of the molecule is O=C(CSc1nncn1C1CC1)Nc1cccc(N2CCCC2=O)c1. The molecule has 7 nitrogen and oxygen atoms in total. The molecule has 2 aliphatic rings. The highest BCUT2D eigenvalue weighted by molar-refractivity contribution is 7.99. The van der Waals surface area contributed by atoms with Crippen LogP contribution >= 0.6 is 11.8 Å². The van der Waals surface area contributed by atoms with Gasteiger partial charge in [0.25, 0.3) is 0 Å². The van der Waals surface area contributed by atoms with Crippen molar-refractivity contribution >= 4 is 35.0 Å². The molecule has 2 aromatic rings. The molecule has 8 heteroatoms. The lowest BCUT2D eigenvalue weighted by molar-refractivity contribution is -0.117. The van der Waals surface area contributed by atoms with Gasteiger partial charge in [-0.05, 0) is 37.5 Å². The Morgan fingerprint density at radius 1 is 1.36 bits per heavy atom. The number of nitrogens with zero attached hydrogens (tertiary/aromatic N) is 4. The highest BCUT2D eigenvalue weighted by Gasteiger charge is 2.26. The van der Waals surface area contributed by atoms with E-state index < -0.39 is 0 Å². The lowest BCUT2D eigenvalue weighted by Crippen LogP contribution is -2.23. The number of amides is 2. The monoisotopic (exact) mass is 357 g/mol. The van der Waals surface area contributed by atoms with Gasteiger partial charge in [-0.25, -0.2) is 0 Å². The molecule has 2 fully saturated rings. The van der Waals surface area contributed by atoms with E-state index in [9.17, 15) is 9.59 Å². The molecule has 0 unspecified atom stereocenters. The fourth-order valence-corrected chi connectivity index (χ4v) is 3.72. The summed E-state index contributed by atoms with van der Waals surface area (Å²) in [4.78, 5) is 25.9. The Hall–Kier alpha value is -2.35. The van der Waals surface area contributed by atoms with Crippen LogP contribution in [0.4, 0.5) is 11.4 Å². The van der Waals surface area contributed by atoms with Crippen LogP contribution in [-0.2, 0) is 9.59 Å². The van der Waals surface area contributed by atoms with E-state index >= 15 is 0 Å². The molecule has 1 saturated heterocycles. The summed E-state index contributed by atoms with van der Waals surface area (Å²) in [5.41, 5.74) is 1.54. The smallest absolute Gasteiger partial charge is 0.234 e. The van der Waals surface area contributed by atoms with E-state index in [0.29, 0.717) is 18.2 Å². The minimum Gasteiger partial charge on any atom is -0.325 e. The predicted molar refractivity (Wildman–Crippen MR) is 95.7 cm³/mol. The molecule has 1 N–H and O–H groups in total. The fraction of sp³-hybridized carbons (Fsp3) is 0.412. The van der Waals surface area contributed by atoms with Crippen LogP contribution < -0.4 is 10.2 Å². The fourth-order valence-electron chi connectivity index (χ4n) is 2.94. The van der Waals surface area contributed by atoms with Gasteiger partial charge in [0.05, 0.1) is 5.75 Å². The Morgan fingerprint density at radius 3 is 3.00 bits per heavy atom. The van der Waals surface area contributed by atoms with Crippen LogP contribution in [0.3, 0.4) is 0 Å². The molecule has 1 aromatic carbocycles. The van der Waals surface area contributed by atoms with Crippen molar-refractivity contribution in [3.05, 3.63) is 30.6 Å².